The lowest BCUT2D eigenvalue weighted by Crippen LogP contribution is -2.10. The van der Waals surface area contributed by atoms with Crippen molar-refractivity contribution in [1.29, 1.82) is 0 Å². The van der Waals surface area contributed by atoms with Gasteiger partial charge in [-0.05, 0) is 40.3 Å². The summed E-state index contributed by atoms with van der Waals surface area (Å²) in [6.07, 6.45) is -3.76. The first-order valence-corrected chi connectivity index (χ1v) is 6.19. The van der Waals surface area contributed by atoms with Crippen molar-refractivity contribution in [3.05, 3.63) is 71.5 Å². The van der Waals surface area contributed by atoms with Crippen molar-refractivity contribution < 1.29 is 13.2 Å². The quantitative estimate of drug-likeness (QED) is 0.547. The fourth-order valence-electron chi connectivity index (χ4n) is 2.67. The lowest BCUT2D eigenvalue weighted by molar-refractivity contribution is -0.0687. The Hall–Kier alpha value is -2.25. The van der Waals surface area contributed by atoms with Crippen LogP contribution in [0.5, 0.6) is 0 Å². The molecule has 0 aliphatic heterocycles. The second-order valence-electron chi connectivity index (χ2n) is 4.76. The molecule has 0 heterocycles. The molecule has 3 heteroatoms. The van der Waals surface area contributed by atoms with E-state index in [1.807, 2.05) is 30.0 Å². The topological polar surface area (TPSA) is 0 Å². The molecule has 0 spiro atoms. The number of rotatable bonds is 1. The Balaban J connectivity index is 2.10. The summed E-state index contributed by atoms with van der Waals surface area (Å²) in [5.41, 5.74) is 5.50. The van der Waals surface area contributed by atoms with E-state index < -0.39 is 11.7 Å². The molecule has 0 amide bonds. The summed E-state index contributed by atoms with van der Waals surface area (Å²) in [5.74, 6) is 0. The zero-order valence-corrected chi connectivity index (χ0v) is 10.6. The standard InChI is InChI=1S/C17H11F3/c1-2-16(17(18,19)20)12-7-8-15-13(10-12)9-11-5-3-4-6-14(11)15/h3-8,10H,1,9H2. The van der Waals surface area contributed by atoms with Crippen LogP contribution in [0.1, 0.15) is 16.7 Å². The third-order valence-electron chi connectivity index (χ3n) is 3.54. The highest BCUT2D eigenvalue weighted by Gasteiger charge is 2.35. The molecule has 1 aliphatic carbocycles. The van der Waals surface area contributed by atoms with Gasteiger partial charge in [0.2, 0.25) is 0 Å². The fourth-order valence-corrected chi connectivity index (χ4v) is 2.67. The maximum atomic E-state index is 12.9. The average Bonchev–Trinajstić information content (AvgIpc) is 2.75. The van der Waals surface area contributed by atoms with Gasteiger partial charge in [-0.2, -0.15) is 13.2 Å². The molecule has 0 nitrogen and oxygen atoms in total. The van der Waals surface area contributed by atoms with Gasteiger partial charge in [0.15, 0.2) is 0 Å². The molecule has 2 aromatic rings. The Kier molecular flexibility index (Phi) is 2.81. The van der Waals surface area contributed by atoms with Crippen LogP contribution in [0, 0.1) is 0 Å². The maximum absolute atomic E-state index is 12.9. The van der Waals surface area contributed by atoms with E-state index in [2.05, 4.69) is 6.58 Å². The van der Waals surface area contributed by atoms with Gasteiger partial charge in [-0.15, -0.1) is 5.73 Å². The van der Waals surface area contributed by atoms with Crippen molar-refractivity contribution in [2.45, 2.75) is 12.6 Å². The fraction of sp³-hybridized carbons (Fsp3) is 0.118. The van der Waals surface area contributed by atoms with Crippen LogP contribution in [0.3, 0.4) is 0 Å². The Morgan fingerprint density at radius 3 is 2.40 bits per heavy atom. The molecule has 0 N–H and O–H groups in total. The number of halogens is 3. The van der Waals surface area contributed by atoms with Crippen LogP contribution in [-0.4, -0.2) is 6.18 Å². The molecule has 0 fully saturated rings. The number of allylic oxidation sites excluding steroid dienone is 1. The summed E-state index contributed by atoms with van der Waals surface area (Å²) in [6.45, 7) is 3.15. The first kappa shape index (κ1) is 12.8. The number of alkyl halides is 3. The van der Waals surface area contributed by atoms with Gasteiger partial charge in [-0.25, -0.2) is 0 Å². The molecule has 1 aliphatic rings. The third kappa shape index (κ3) is 1.97. The Bertz CT molecular complexity index is 732. The molecule has 0 bridgehead atoms. The van der Waals surface area contributed by atoms with Gasteiger partial charge >= 0.3 is 6.18 Å². The first-order valence-electron chi connectivity index (χ1n) is 6.19. The zero-order valence-electron chi connectivity index (χ0n) is 10.6. The van der Waals surface area contributed by atoms with Crippen LogP contribution in [0.2, 0.25) is 0 Å². The van der Waals surface area contributed by atoms with Gasteiger partial charge in [0, 0.05) is 0 Å². The van der Waals surface area contributed by atoms with Gasteiger partial charge in [0.05, 0.1) is 0 Å². The summed E-state index contributed by atoms with van der Waals surface area (Å²) in [6, 6.07) is 12.7. The van der Waals surface area contributed by atoms with Crippen LogP contribution >= 0.6 is 0 Å². The highest BCUT2D eigenvalue weighted by molar-refractivity contribution is 5.80. The van der Waals surface area contributed by atoms with Crippen LogP contribution in [0.25, 0.3) is 16.7 Å². The number of benzene rings is 2. The molecular weight excluding hydrogens is 261 g/mol. The average molecular weight is 272 g/mol. The minimum absolute atomic E-state index is 0.124. The predicted octanol–water partition coefficient (Wildman–Crippen LogP) is 4.99. The molecule has 2 aromatic carbocycles. The van der Waals surface area contributed by atoms with E-state index in [-0.39, 0.29) is 5.56 Å². The van der Waals surface area contributed by atoms with Gasteiger partial charge in [0.1, 0.15) is 5.57 Å². The summed E-state index contributed by atoms with van der Waals surface area (Å²) < 4.78 is 38.6. The Morgan fingerprint density at radius 1 is 1.00 bits per heavy atom. The van der Waals surface area contributed by atoms with E-state index >= 15 is 0 Å². The van der Waals surface area contributed by atoms with E-state index in [0.29, 0.717) is 6.42 Å². The van der Waals surface area contributed by atoms with Crippen LogP contribution in [-0.2, 0) is 6.42 Å². The lowest BCUT2D eigenvalue weighted by Gasteiger charge is -2.11. The van der Waals surface area contributed by atoms with Gasteiger partial charge in [-0.3, -0.25) is 0 Å². The summed E-state index contributed by atoms with van der Waals surface area (Å²) in [4.78, 5) is 0. The normalized spacial score (nSPS) is 12.6. The first-order chi connectivity index (χ1) is 9.50. The molecule has 0 saturated carbocycles. The number of hydrogen-bond acceptors (Lipinski definition) is 0. The van der Waals surface area contributed by atoms with Gasteiger partial charge < -0.3 is 0 Å². The van der Waals surface area contributed by atoms with E-state index in [1.165, 1.54) is 6.07 Å². The van der Waals surface area contributed by atoms with Crippen molar-refractivity contribution in [1.82, 2.24) is 0 Å². The summed E-state index contributed by atoms with van der Waals surface area (Å²) in [5, 5.41) is 0. The maximum Gasteiger partial charge on any atom is 0.424 e. The Morgan fingerprint density at radius 2 is 1.70 bits per heavy atom. The highest BCUT2D eigenvalue weighted by atomic mass is 19.4. The van der Waals surface area contributed by atoms with Crippen LogP contribution in [0.4, 0.5) is 13.2 Å². The minimum atomic E-state index is -4.43. The molecule has 0 radical (unpaired) electrons. The second-order valence-corrected chi connectivity index (χ2v) is 4.76. The summed E-state index contributed by atoms with van der Waals surface area (Å²) >= 11 is 0. The van der Waals surface area contributed by atoms with E-state index in [0.717, 1.165) is 22.3 Å². The van der Waals surface area contributed by atoms with Crippen molar-refractivity contribution in [2.24, 2.45) is 0 Å². The SMILES string of the molecule is C=C=C(c1ccc2c(c1)Cc1ccccc1-2)C(F)(F)F. The third-order valence-corrected chi connectivity index (χ3v) is 3.54. The smallest absolute Gasteiger partial charge is 0.165 e. The number of hydrogen-bond donors (Lipinski definition) is 0. The molecule has 20 heavy (non-hydrogen) atoms. The van der Waals surface area contributed by atoms with E-state index in [4.69, 9.17) is 0 Å². The van der Waals surface area contributed by atoms with Crippen LogP contribution in [0.15, 0.2) is 54.8 Å². The van der Waals surface area contributed by atoms with Gasteiger partial charge in [0.25, 0.3) is 0 Å². The van der Waals surface area contributed by atoms with Crippen molar-refractivity contribution in [3.8, 4) is 11.1 Å². The summed E-state index contributed by atoms with van der Waals surface area (Å²) in [7, 11) is 0. The van der Waals surface area contributed by atoms with Crippen molar-refractivity contribution in [2.75, 3.05) is 0 Å². The molecule has 0 atom stereocenters. The zero-order chi connectivity index (χ0) is 14.3. The highest BCUT2D eigenvalue weighted by Crippen LogP contribution is 2.40. The molecule has 0 saturated heterocycles. The number of fused-ring (bicyclic) bond motifs is 3. The minimum Gasteiger partial charge on any atom is -0.165 e. The second kappa shape index (κ2) is 4.39. The molecule has 100 valence electrons. The largest absolute Gasteiger partial charge is 0.424 e. The molecule has 0 aromatic heterocycles. The van der Waals surface area contributed by atoms with Crippen molar-refractivity contribution >= 4 is 5.57 Å². The predicted molar refractivity (Wildman–Crippen MR) is 73.3 cm³/mol. The lowest BCUT2D eigenvalue weighted by atomic mass is 9.99. The monoisotopic (exact) mass is 272 g/mol. The molecular formula is C17H11F3. The van der Waals surface area contributed by atoms with Crippen molar-refractivity contribution in [3.63, 3.8) is 0 Å². The van der Waals surface area contributed by atoms with Crippen LogP contribution < -0.4 is 0 Å². The van der Waals surface area contributed by atoms with Gasteiger partial charge in [-0.1, -0.05) is 43.0 Å². The molecule has 0 unspecified atom stereocenters. The Labute approximate surface area is 114 Å². The molecule has 3 rings (SSSR count). The van der Waals surface area contributed by atoms with E-state index in [1.54, 1.807) is 12.1 Å². The van der Waals surface area contributed by atoms with E-state index in [9.17, 15) is 13.2 Å².